The van der Waals surface area contributed by atoms with E-state index < -0.39 is 0 Å². The number of hydrogen-bond donors (Lipinski definition) is 0. The minimum atomic E-state index is -0.0393. The minimum absolute atomic E-state index is 0.0393. The lowest BCUT2D eigenvalue weighted by Gasteiger charge is -2.37. The lowest BCUT2D eigenvalue weighted by Crippen LogP contribution is -2.48. The van der Waals surface area contributed by atoms with Gasteiger partial charge in [-0.15, -0.1) is 0 Å². The summed E-state index contributed by atoms with van der Waals surface area (Å²) in [4.78, 5) is 18.7. The molecule has 0 spiro atoms. The molecule has 0 aliphatic carbocycles. The molecule has 1 aromatic heterocycles. The Kier molecular flexibility index (Phi) is 4.81. The highest BCUT2D eigenvalue weighted by Crippen LogP contribution is 2.28. The van der Waals surface area contributed by atoms with Gasteiger partial charge in [0.25, 0.3) is 5.91 Å². The fourth-order valence-corrected chi connectivity index (χ4v) is 3.32. The molecule has 0 N–H and O–H groups in total. The highest BCUT2D eigenvalue weighted by atomic mass is 35.5. The number of amides is 1. The summed E-state index contributed by atoms with van der Waals surface area (Å²) < 4.78 is 10.8. The van der Waals surface area contributed by atoms with Crippen molar-refractivity contribution in [3.05, 3.63) is 76.4 Å². The van der Waals surface area contributed by atoms with E-state index in [9.17, 15) is 4.79 Å². The molecule has 4 rings (SSSR count). The van der Waals surface area contributed by atoms with Crippen molar-refractivity contribution in [2.45, 2.75) is 12.3 Å². The van der Waals surface area contributed by atoms with Crippen LogP contribution in [0.3, 0.4) is 0 Å². The van der Waals surface area contributed by atoms with Gasteiger partial charge in [-0.25, -0.2) is 0 Å². The van der Waals surface area contributed by atoms with E-state index in [1.165, 1.54) is 0 Å². The summed E-state index contributed by atoms with van der Waals surface area (Å²) in [7, 11) is 1.64. The smallest absolute Gasteiger partial charge is 0.253 e. The number of likely N-dealkylation sites (tertiary alicyclic amines) is 1. The molecule has 1 fully saturated rings. The van der Waals surface area contributed by atoms with E-state index in [0.717, 1.165) is 11.3 Å². The second kappa shape index (κ2) is 7.40. The van der Waals surface area contributed by atoms with Crippen LogP contribution >= 0.6 is 11.6 Å². The van der Waals surface area contributed by atoms with E-state index in [1.807, 2.05) is 24.3 Å². The van der Waals surface area contributed by atoms with Gasteiger partial charge in [0.05, 0.1) is 13.0 Å². The molecule has 0 radical (unpaired) electrons. The number of hydrogen-bond acceptors (Lipinski definition) is 5. The number of aromatic nitrogens is 2. The molecular weight excluding hydrogens is 366 g/mol. The molecule has 1 aliphatic heterocycles. The van der Waals surface area contributed by atoms with Crippen LogP contribution in [0.1, 0.15) is 33.6 Å². The topological polar surface area (TPSA) is 68.5 Å². The van der Waals surface area contributed by atoms with Gasteiger partial charge in [-0.3, -0.25) is 4.79 Å². The molecule has 0 saturated carbocycles. The van der Waals surface area contributed by atoms with Crippen molar-refractivity contribution in [1.82, 2.24) is 15.0 Å². The fourth-order valence-electron chi connectivity index (χ4n) is 3.13. The average Bonchev–Trinajstić information content (AvgIpc) is 3.09. The van der Waals surface area contributed by atoms with Crippen LogP contribution in [0.4, 0.5) is 0 Å². The zero-order valence-corrected chi connectivity index (χ0v) is 15.5. The van der Waals surface area contributed by atoms with Crippen molar-refractivity contribution < 1.29 is 14.1 Å². The second-order valence-electron chi connectivity index (χ2n) is 6.45. The Morgan fingerprint density at radius 2 is 2.07 bits per heavy atom. The molecular formula is C20H18ClN3O3. The Balaban J connectivity index is 1.38. The average molecular weight is 384 g/mol. The number of rotatable bonds is 5. The van der Waals surface area contributed by atoms with Gasteiger partial charge in [-0.1, -0.05) is 41.0 Å². The van der Waals surface area contributed by atoms with Crippen LogP contribution in [-0.2, 0) is 6.42 Å². The van der Waals surface area contributed by atoms with Gasteiger partial charge in [0.15, 0.2) is 5.82 Å². The molecule has 7 heteroatoms. The third-order valence-corrected chi connectivity index (χ3v) is 4.85. The maximum Gasteiger partial charge on any atom is 0.253 e. The normalized spacial score (nSPS) is 14.1. The van der Waals surface area contributed by atoms with E-state index in [0.29, 0.717) is 41.8 Å². The van der Waals surface area contributed by atoms with Gasteiger partial charge < -0.3 is 14.2 Å². The van der Waals surface area contributed by atoms with Gasteiger partial charge in [0.2, 0.25) is 5.89 Å². The zero-order valence-electron chi connectivity index (χ0n) is 14.8. The van der Waals surface area contributed by atoms with E-state index in [2.05, 4.69) is 10.1 Å². The molecule has 0 unspecified atom stereocenters. The molecule has 2 heterocycles. The van der Waals surface area contributed by atoms with Crippen LogP contribution < -0.4 is 4.74 Å². The SMILES string of the molecule is COc1ccccc1Cc1noc(C2CN(C(=O)c3cccc(Cl)c3)C2)n1. The van der Waals surface area contributed by atoms with Crippen molar-refractivity contribution in [2.24, 2.45) is 0 Å². The number of nitrogens with zero attached hydrogens (tertiary/aromatic N) is 3. The Hall–Kier alpha value is -2.86. The second-order valence-corrected chi connectivity index (χ2v) is 6.89. The maximum atomic E-state index is 12.5. The number of carbonyl (C=O) groups excluding carboxylic acids is 1. The summed E-state index contributed by atoms with van der Waals surface area (Å²) >= 11 is 5.96. The van der Waals surface area contributed by atoms with Crippen LogP contribution in [0.5, 0.6) is 5.75 Å². The molecule has 6 nitrogen and oxygen atoms in total. The first-order chi connectivity index (χ1) is 13.1. The summed E-state index contributed by atoms with van der Waals surface area (Å²) in [5, 5.41) is 4.62. The highest BCUT2D eigenvalue weighted by Gasteiger charge is 2.36. The van der Waals surface area contributed by atoms with Crippen LogP contribution in [0.2, 0.25) is 5.02 Å². The lowest BCUT2D eigenvalue weighted by molar-refractivity contribution is 0.0569. The van der Waals surface area contributed by atoms with E-state index in [-0.39, 0.29) is 11.8 Å². The standard InChI is InChI=1S/C20H18ClN3O3/c1-26-17-8-3-2-5-13(17)10-18-22-19(27-23-18)15-11-24(12-15)20(25)14-6-4-7-16(21)9-14/h2-9,15H,10-12H2,1H3. The van der Waals surface area contributed by atoms with Gasteiger partial charge in [-0.05, 0) is 24.3 Å². The Morgan fingerprint density at radius 3 is 2.85 bits per heavy atom. The summed E-state index contributed by atoms with van der Waals surface area (Å²) in [5.41, 5.74) is 1.59. The summed E-state index contributed by atoms with van der Waals surface area (Å²) in [6.07, 6.45) is 0.533. The molecule has 3 aromatic rings. The zero-order chi connectivity index (χ0) is 18.8. The molecule has 27 heavy (non-hydrogen) atoms. The molecule has 1 aliphatic rings. The fraction of sp³-hybridized carbons (Fsp3) is 0.250. The van der Waals surface area contributed by atoms with Crippen molar-refractivity contribution >= 4 is 17.5 Å². The summed E-state index contributed by atoms with van der Waals surface area (Å²) in [6.45, 7) is 1.11. The molecule has 1 amide bonds. The van der Waals surface area contributed by atoms with Gasteiger partial charge in [0, 0.05) is 35.7 Å². The summed E-state index contributed by atoms with van der Waals surface area (Å²) in [5.74, 6) is 1.99. The van der Waals surface area contributed by atoms with E-state index in [1.54, 1.807) is 36.3 Å². The molecule has 1 saturated heterocycles. The Labute approximate surface area is 161 Å². The highest BCUT2D eigenvalue weighted by molar-refractivity contribution is 6.30. The van der Waals surface area contributed by atoms with Gasteiger partial charge >= 0.3 is 0 Å². The van der Waals surface area contributed by atoms with Crippen molar-refractivity contribution in [3.8, 4) is 5.75 Å². The Bertz CT molecular complexity index is 966. The number of para-hydroxylation sites is 1. The quantitative estimate of drug-likeness (QED) is 0.673. The number of methoxy groups -OCH3 is 1. The molecule has 0 atom stereocenters. The number of halogens is 1. The minimum Gasteiger partial charge on any atom is -0.496 e. The van der Waals surface area contributed by atoms with Crippen molar-refractivity contribution in [2.75, 3.05) is 20.2 Å². The number of benzene rings is 2. The first-order valence-electron chi connectivity index (χ1n) is 8.63. The van der Waals surface area contributed by atoms with Crippen LogP contribution in [-0.4, -0.2) is 41.1 Å². The largest absolute Gasteiger partial charge is 0.496 e. The van der Waals surface area contributed by atoms with Crippen LogP contribution in [0.15, 0.2) is 53.1 Å². The summed E-state index contributed by atoms with van der Waals surface area (Å²) in [6, 6.07) is 14.7. The first-order valence-corrected chi connectivity index (χ1v) is 9.01. The predicted octanol–water partition coefficient (Wildman–Crippen LogP) is 3.56. The van der Waals surface area contributed by atoms with Gasteiger partial charge in [0.1, 0.15) is 5.75 Å². The van der Waals surface area contributed by atoms with Crippen molar-refractivity contribution in [1.29, 1.82) is 0 Å². The predicted molar refractivity (Wildman–Crippen MR) is 100 cm³/mol. The number of carbonyl (C=O) groups is 1. The third-order valence-electron chi connectivity index (χ3n) is 4.61. The molecule has 2 aromatic carbocycles. The molecule has 138 valence electrons. The van der Waals surface area contributed by atoms with E-state index in [4.69, 9.17) is 20.9 Å². The van der Waals surface area contributed by atoms with Gasteiger partial charge in [-0.2, -0.15) is 4.98 Å². The lowest BCUT2D eigenvalue weighted by atomic mass is 9.98. The van der Waals surface area contributed by atoms with E-state index >= 15 is 0 Å². The first kappa shape index (κ1) is 17.5. The Morgan fingerprint density at radius 1 is 1.26 bits per heavy atom. The van der Waals surface area contributed by atoms with Crippen LogP contribution in [0.25, 0.3) is 0 Å². The molecule has 0 bridgehead atoms. The van der Waals surface area contributed by atoms with Crippen LogP contribution in [0, 0.1) is 0 Å². The third kappa shape index (κ3) is 3.66. The monoisotopic (exact) mass is 383 g/mol. The van der Waals surface area contributed by atoms with Crippen molar-refractivity contribution in [3.63, 3.8) is 0 Å². The number of ether oxygens (including phenoxy) is 1. The maximum absolute atomic E-state index is 12.5.